The first-order valence-electron chi connectivity index (χ1n) is 46.4. The molecule has 18 rings (SSSR count). The first kappa shape index (κ1) is 94.9. The van der Waals surface area contributed by atoms with Crippen LogP contribution in [0.4, 0.5) is 11.9 Å². The molecule has 6 N–H and O–H groups in total. The van der Waals surface area contributed by atoms with Gasteiger partial charge < -0.3 is 59.1 Å². The highest BCUT2D eigenvalue weighted by molar-refractivity contribution is 5.72. The molecule has 12 aromatic rings. The average molecular weight is 1840 g/mol. The molecule has 0 radical (unpaired) electrons. The fraction of sp³-hybridized carbons (Fsp3) is 0.578. The summed E-state index contributed by atoms with van der Waals surface area (Å²) < 4.78 is 41.9. The maximum absolute atomic E-state index is 11.4. The lowest BCUT2D eigenvalue weighted by atomic mass is 9.87. The molecular formula is C90H118N30O14. The Morgan fingerprint density at radius 2 is 0.731 bits per heavy atom. The molecule has 12 heterocycles. The van der Waals surface area contributed by atoms with E-state index in [9.17, 15) is 39.6 Å². The highest BCUT2D eigenvalue weighted by Crippen LogP contribution is 2.39. The zero-order valence-electron chi connectivity index (χ0n) is 77.6. The SMILES string of the molecule is CCCc1nnn(Cc2c(-c3ccc(O[C@H]4CCC[C@H](C(=O)O)C4)c(C)n3)nnn2C)n1.Cc1nc(-c2nnn(C)c2CNc2noc(CC3CC3)n2)ccc1O[C@H]1CCC[C@H](C(=O)O)C1.Cc1nc(-c2nnn(C)c2CNc2noc(CCC(C)C)n2)ccc1O[C@H]1CCC[C@H](C(=O)O)C1.Cc1nc(-c2nnn(C)c2Cn2nnc(CC3CC3)n2)ccc1O[C@H]1CCC[C@H](C(=O)O)C1. The molecule has 0 aliphatic heterocycles. The van der Waals surface area contributed by atoms with Gasteiger partial charge in [0.25, 0.3) is 11.9 Å². The second-order valence-electron chi connectivity index (χ2n) is 36.1. The van der Waals surface area contributed by atoms with E-state index in [0.717, 1.165) is 141 Å². The molecule has 6 fully saturated rings. The van der Waals surface area contributed by atoms with Crippen LogP contribution in [0.5, 0.6) is 23.0 Å². The van der Waals surface area contributed by atoms with Gasteiger partial charge in [-0.1, -0.05) is 41.6 Å². The number of nitrogens with zero attached hydrogens (tertiary/aromatic N) is 28. The lowest BCUT2D eigenvalue weighted by Gasteiger charge is -2.27. The van der Waals surface area contributed by atoms with Gasteiger partial charge >= 0.3 is 23.9 Å². The van der Waals surface area contributed by atoms with Crippen molar-refractivity contribution in [1.82, 2.24) is 141 Å². The zero-order chi connectivity index (χ0) is 94.2. The fourth-order valence-corrected chi connectivity index (χ4v) is 17.0. The van der Waals surface area contributed by atoms with Crippen LogP contribution in [0.15, 0.2) is 57.6 Å². The second kappa shape index (κ2) is 43.7. The maximum atomic E-state index is 11.4. The van der Waals surface area contributed by atoms with Crippen LogP contribution in [0, 0.1) is 69.1 Å². The number of hydrogen-bond donors (Lipinski definition) is 6. The van der Waals surface area contributed by atoms with Crippen LogP contribution in [0.1, 0.15) is 231 Å². The van der Waals surface area contributed by atoms with Crippen molar-refractivity contribution < 1.29 is 67.6 Å². The molecule has 0 bridgehead atoms. The van der Waals surface area contributed by atoms with Crippen LogP contribution in [0.2, 0.25) is 0 Å². The smallest absolute Gasteiger partial charge is 0.306 e. The Kier molecular flexibility index (Phi) is 31.0. The number of carboxylic acid groups (broad SMARTS) is 4. The predicted octanol–water partition coefficient (Wildman–Crippen LogP) is 11.3. The number of anilines is 2. The average Bonchev–Trinajstić information content (AvgIpc) is 1.61. The molecule has 6 aliphatic carbocycles. The molecule has 0 amide bonds. The van der Waals surface area contributed by atoms with Gasteiger partial charge in [-0.05, 0) is 256 Å². The highest BCUT2D eigenvalue weighted by Gasteiger charge is 2.35. The van der Waals surface area contributed by atoms with Gasteiger partial charge in [-0.2, -0.15) is 19.6 Å². The van der Waals surface area contributed by atoms with Gasteiger partial charge in [0.1, 0.15) is 58.9 Å². The van der Waals surface area contributed by atoms with Gasteiger partial charge in [0.05, 0.1) is 130 Å². The maximum Gasteiger partial charge on any atom is 0.306 e. The summed E-state index contributed by atoms with van der Waals surface area (Å²) >= 11 is 0. The Bertz CT molecular complexity index is 6000. The van der Waals surface area contributed by atoms with E-state index in [-0.39, 0.29) is 48.1 Å². The third-order valence-corrected chi connectivity index (χ3v) is 25.0. The van der Waals surface area contributed by atoms with Gasteiger partial charge in [0, 0.05) is 53.9 Å². The van der Waals surface area contributed by atoms with E-state index < -0.39 is 23.9 Å². The second-order valence-corrected chi connectivity index (χ2v) is 36.1. The lowest BCUT2D eigenvalue weighted by molar-refractivity contribution is -0.144. The minimum atomic E-state index is -0.750. The van der Waals surface area contributed by atoms with Crippen LogP contribution in [0.25, 0.3) is 45.6 Å². The molecule has 8 atom stereocenters. The zero-order valence-corrected chi connectivity index (χ0v) is 77.6. The number of aryl methyl sites for hydroxylation is 10. The fourth-order valence-electron chi connectivity index (χ4n) is 17.0. The highest BCUT2D eigenvalue weighted by atomic mass is 16.5. The van der Waals surface area contributed by atoms with E-state index >= 15 is 0 Å². The molecule has 712 valence electrons. The monoisotopic (exact) mass is 1840 g/mol. The number of carboxylic acids is 4. The van der Waals surface area contributed by atoms with Gasteiger partial charge in [0.15, 0.2) is 11.6 Å². The Morgan fingerprint density at radius 3 is 1.07 bits per heavy atom. The van der Waals surface area contributed by atoms with Crippen molar-refractivity contribution >= 4 is 35.8 Å². The van der Waals surface area contributed by atoms with Gasteiger partial charge in [0.2, 0.25) is 11.8 Å². The van der Waals surface area contributed by atoms with Crippen molar-refractivity contribution in [2.45, 2.75) is 266 Å². The summed E-state index contributed by atoms with van der Waals surface area (Å²) in [5, 5.41) is 111. The number of carbonyl (C=O) groups is 4. The Morgan fingerprint density at radius 1 is 0.403 bits per heavy atom. The van der Waals surface area contributed by atoms with Gasteiger partial charge in [-0.25, -0.2) is 38.7 Å². The number of aromatic nitrogens is 28. The van der Waals surface area contributed by atoms with Crippen molar-refractivity contribution in [3.05, 3.63) is 118 Å². The summed E-state index contributed by atoms with van der Waals surface area (Å²) in [5.41, 5.74) is 11.6. The third kappa shape index (κ3) is 25.2. The summed E-state index contributed by atoms with van der Waals surface area (Å²) in [4.78, 5) is 76.1. The summed E-state index contributed by atoms with van der Waals surface area (Å²) in [5.74, 6) is 3.89. The van der Waals surface area contributed by atoms with Crippen LogP contribution >= 0.6 is 0 Å². The summed E-state index contributed by atoms with van der Waals surface area (Å²) in [6, 6.07) is 14.9. The Labute approximate surface area is 772 Å². The minimum Gasteiger partial charge on any atom is -0.489 e. The number of nitrogens with one attached hydrogen (secondary N) is 2. The Balaban J connectivity index is 0.000000136. The first-order valence-corrected chi connectivity index (χ1v) is 46.4. The number of pyridine rings is 4. The molecule has 0 saturated heterocycles. The number of rotatable bonds is 35. The van der Waals surface area contributed by atoms with E-state index in [2.05, 4.69) is 124 Å². The number of ether oxygens (including phenoxy) is 4. The van der Waals surface area contributed by atoms with E-state index in [4.69, 9.17) is 47.9 Å². The number of tetrazole rings is 2. The summed E-state index contributed by atoms with van der Waals surface area (Å²) in [6.07, 6.45) is 21.4. The van der Waals surface area contributed by atoms with Crippen LogP contribution in [-0.2, 0) is 99.2 Å². The first-order chi connectivity index (χ1) is 64.7. The van der Waals surface area contributed by atoms with Crippen LogP contribution in [0.3, 0.4) is 0 Å². The summed E-state index contributed by atoms with van der Waals surface area (Å²) in [7, 11) is 7.31. The largest absolute Gasteiger partial charge is 0.489 e. The van der Waals surface area contributed by atoms with E-state index in [1.807, 2.05) is 104 Å². The molecular weight excluding hydrogens is 1730 g/mol. The van der Waals surface area contributed by atoms with E-state index in [1.54, 1.807) is 28.3 Å². The van der Waals surface area contributed by atoms with E-state index in [1.165, 1.54) is 25.7 Å². The quantitative estimate of drug-likeness (QED) is 0.0215. The number of hydrogen-bond acceptors (Lipinski definition) is 34. The molecule has 0 aromatic carbocycles. The molecule has 0 unspecified atom stereocenters. The van der Waals surface area contributed by atoms with Crippen molar-refractivity contribution in [3.8, 4) is 68.5 Å². The molecule has 134 heavy (non-hydrogen) atoms. The van der Waals surface area contributed by atoms with Crippen molar-refractivity contribution in [2.75, 3.05) is 10.6 Å². The van der Waals surface area contributed by atoms with E-state index in [0.29, 0.717) is 193 Å². The third-order valence-electron chi connectivity index (χ3n) is 25.0. The minimum absolute atomic E-state index is 0.110. The van der Waals surface area contributed by atoms with Crippen LogP contribution < -0.4 is 29.6 Å². The van der Waals surface area contributed by atoms with Crippen molar-refractivity contribution in [3.63, 3.8) is 0 Å². The molecule has 0 spiro atoms. The number of aliphatic carboxylic acids is 4. The molecule has 44 heteroatoms. The molecule has 6 saturated carbocycles. The van der Waals surface area contributed by atoms with Gasteiger partial charge in [-0.3, -0.25) is 19.2 Å². The summed E-state index contributed by atoms with van der Waals surface area (Å²) in [6.45, 7) is 15.5. The van der Waals surface area contributed by atoms with Gasteiger partial charge in [-0.15, -0.1) is 40.8 Å². The topological polar surface area (TPSA) is 550 Å². The normalized spacial score (nSPS) is 19.4. The Hall–Kier alpha value is -13.7. The molecule has 12 aromatic heterocycles. The predicted molar refractivity (Wildman–Crippen MR) is 479 cm³/mol. The standard InChI is InChI=1S/C24H33N7O4.C23H29N7O4.C22H28N8O3.C21H28N8O3/c1-14(2)8-11-21-27-24(29-35-21)25-13-19-22(28-30-31(19)4)18-9-10-20(15(3)26-18)34-17-7-5-6-16(12-17)23(32)33;1-13-19(33-16-5-3-4-15(11-16)22(31)32)9-8-17(25-13)21-18(30(2)29-27-21)12-24-23-26-20(34-28-23)10-14-6-7-14;1-13-19(33-16-5-3-4-15(11-16)22(31)32)9-8-17(23-13)21-18(29(2)27-25-21)12-30-26-20(24-28-30)10-14-6-7-14;1-4-6-19-23-27-29(25-19)12-17-20(24-26-28(17)3)16-9-10-18(13(2)22-16)32-15-8-5-7-14(11-15)21(30)31/h9-10,14,16-17H,5-8,11-13H2,1-4H3,(H,25,29)(H,32,33);8-9,14-16H,3-7,10-12H2,1-2H3,(H,24,28)(H,31,32);8-9,14-16H,3-7,10-12H2,1-2H3,(H,31,32);9-10,14-15H,4-8,11-12H2,1-3H3,(H,30,31)/t16-,17-;2*15-,16-;14-,15-/m0000/s1. The van der Waals surface area contributed by atoms with Crippen molar-refractivity contribution in [2.24, 2.45) is 69.6 Å². The lowest BCUT2D eigenvalue weighted by Crippen LogP contribution is -2.29. The van der Waals surface area contributed by atoms with Crippen molar-refractivity contribution in [1.29, 1.82) is 0 Å². The van der Waals surface area contributed by atoms with Crippen LogP contribution in [-0.4, -0.2) is 209 Å². The molecule has 6 aliphatic rings. The molecule has 44 nitrogen and oxygen atoms in total.